The Balaban J connectivity index is 1.57. The van der Waals surface area contributed by atoms with E-state index in [1.54, 1.807) is 18.2 Å². The van der Waals surface area contributed by atoms with Crippen molar-refractivity contribution in [1.82, 2.24) is 4.98 Å². The number of para-hydroxylation sites is 2. The van der Waals surface area contributed by atoms with Crippen LogP contribution in [0.5, 0.6) is 11.5 Å². The molecule has 1 heterocycles. The first-order valence-electron chi connectivity index (χ1n) is 9.08. The van der Waals surface area contributed by atoms with Crippen molar-refractivity contribution in [3.05, 3.63) is 88.0 Å². The zero-order valence-corrected chi connectivity index (χ0v) is 16.9. The summed E-state index contributed by atoms with van der Waals surface area (Å²) in [6.45, 7) is 0. The van der Waals surface area contributed by atoms with Crippen LogP contribution in [0.1, 0.15) is 11.1 Å². The lowest BCUT2D eigenvalue weighted by molar-refractivity contribution is -0.385. The molecule has 0 spiro atoms. The fourth-order valence-corrected chi connectivity index (χ4v) is 3.61. The van der Waals surface area contributed by atoms with E-state index in [1.165, 1.54) is 23.6 Å². The number of hydrogen-bond donors (Lipinski definition) is 1. The lowest BCUT2D eigenvalue weighted by Gasteiger charge is -2.11. The average molecular weight is 458 g/mol. The van der Waals surface area contributed by atoms with Crippen molar-refractivity contribution in [3.63, 3.8) is 0 Å². The van der Waals surface area contributed by atoms with Crippen molar-refractivity contribution in [1.29, 1.82) is 0 Å². The Kier molecular flexibility index (Phi) is 5.73. The number of aromatic nitrogens is 1. The molecule has 32 heavy (non-hydrogen) atoms. The minimum Gasteiger partial charge on any atom is -0.449 e. The van der Waals surface area contributed by atoms with Gasteiger partial charge in [-0.1, -0.05) is 35.6 Å². The molecule has 7 nitrogen and oxygen atoms in total. The zero-order valence-electron chi connectivity index (χ0n) is 16.0. The normalized spacial score (nSPS) is 11.7. The molecule has 0 aliphatic carbocycles. The summed E-state index contributed by atoms with van der Waals surface area (Å²) < 4.78 is 45.3. The smallest absolute Gasteiger partial charge is 0.416 e. The van der Waals surface area contributed by atoms with Gasteiger partial charge in [0.25, 0.3) is 0 Å². The van der Waals surface area contributed by atoms with Crippen molar-refractivity contribution in [2.45, 2.75) is 6.18 Å². The first-order valence-corrected chi connectivity index (χ1v) is 9.90. The van der Waals surface area contributed by atoms with Gasteiger partial charge in [-0.3, -0.25) is 15.5 Å². The molecule has 0 fully saturated rings. The number of ether oxygens (including phenoxy) is 1. The Morgan fingerprint density at radius 2 is 1.81 bits per heavy atom. The Bertz CT molecular complexity index is 1290. The van der Waals surface area contributed by atoms with E-state index in [0.717, 1.165) is 22.3 Å². The van der Waals surface area contributed by atoms with E-state index < -0.39 is 22.4 Å². The average Bonchev–Trinajstić information content (AvgIpc) is 3.17. The fraction of sp³-hybridized carbons (Fsp3) is 0.0476. The number of thiazole rings is 1. The standard InChI is InChI=1S/C21H13F3N4O3S/c22-21(23,24)14-9-10-18(16(11-14)28(29)30)31-17-7-3-1-5-13(17)12-25-27-20-26-15-6-2-4-8-19(15)32-20/h1-12H,(H,26,27)/b25-12-. The number of nitrogens with zero attached hydrogens (tertiary/aromatic N) is 3. The van der Waals surface area contributed by atoms with Crippen LogP contribution in [0, 0.1) is 10.1 Å². The predicted molar refractivity (Wildman–Crippen MR) is 115 cm³/mol. The van der Waals surface area contributed by atoms with E-state index in [1.807, 2.05) is 24.3 Å². The van der Waals surface area contributed by atoms with Crippen molar-refractivity contribution in [3.8, 4) is 11.5 Å². The van der Waals surface area contributed by atoms with E-state index in [0.29, 0.717) is 16.8 Å². The molecule has 4 rings (SSSR count). The number of nitro benzene ring substituents is 1. The lowest BCUT2D eigenvalue weighted by Crippen LogP contribution is -2.06. The van der Waals surface area contributed by atoms with Gasteiger partial charge in [0, 0.05) is 11.6 Å². The molecule has 0 saturated carbocycles. The van der Waals surface area contributed by atoms with Crippen LogP contribution in [0.15, 0.2) is 71.8 Å². The molecule has 3 aromatic carbocycles. The second kappa shape index (κ2) is 8.63. The topological polar surface area (TPSA) is 89.7 Å². The van der Waals surface area contributed by atoms with Gasteiger partial charge in [-0.15, -0.1) is 0 Å². The van der Waals surface area contributed by atoms with Gasteiger partial charge in [-0.05, 0) is 36.4 Å². The first kappa shape index (κ1) is 21.2. The van der Waals surface area contributed by atoms with Crippen LogP contribution in [0.3, 0.4) is 0 Å². The number of nitro groups is 1. The molecule has 162 valence electrons. The molecule has 0 aliphatic heterocycles. The molecule has 0 radical (unpaired) electrons. The van der Waals surface area contributed by atoms with E-state index in [4.69, 9.17) is 4.74 Å². The second-order valence-corrected chi connectivity index (χ2v) is 7.46. The van der Waals surface area contributed by atoms with Crippen LogP contribution in [0.2, 0.25) is 0 Å². The van der Waals surface area contributed by atoms with Crippen molar-refractivity contribution in [2.24, 2.45) is 5.10 Å². The zero-order chi connectivity index (χ0) is 22.7. The summed E-state index contributed by atoms with van der Waals surface area (Å²) >= 11 is 1.41. The highest BCUT2D eigenvalue weighted by molar-refractivity contribution is 7.22. The molecular formula is C21H13F3N4O3S. The molecule has 1 N–H and O–H groups in total. The van der Waals surface area contributed by atoms with Gasteiger partial charge < -0.3 is 4.74 Å². The number of alkyl halides is 3. The summed E-state index contributed by atoms with van der Waals surface area (Å²) in [5, 5.41) is 16.0. The van der Waals surface area contributed by atoms with Gasteiger partial charge in [-0.25, -0.2) is 4.98 Å². The summed E-state index contributed by atoms with van der Waals surface area (Å²) in [5.74, 6) is -0.131. The minimum absolute atomic E-state index is 0.185. The maximum Gasteiger partial charge on any atom is 0.416 e. The van der Waals surface area contributed by atoms with E-state index >= 15 is 0 Å². The van der Waals surface area contributed by atoms with Gasteiger partial charge in [-0.2, -0.15) is 18.3 Å². The summed E-state index contributed by atoms with van der Waals surface area (Å²) in [4.78, 5) is 14.8. The minimum atomic E-state index is -4.71. The van der Waals surface area contributed by atoms with E-state index in [2.05, 4.69) is 15.5 Å². The Morgan fingerprint density at radius 3 is 2.56 bits per heavy atom. The quantitative estimate of drug-likeness (QED) is 0.203. The van der Waals surface area contributed by atoms with Gasteiger partial charge in [0.2, 0.25) is 10.9 Å². The molecule has 0 unspecified atom stereocenters. The second-order valence-electron chi connectivity index (χ2n) is 6.43. The summed E-state index contributed by atoms with van der Waals surface area (Å²) in [6.07, 6.45) is -3.28. The SMILES string of the molecule is O=[N+]([O-])c1cc(C(F)(F)F)ccc1Oc1ccccc1/C=N\Nc1nc2ccccc2s1. The molecule has 4 aromatic rings. The highest BCUT2D eigenvalue weighted by Gasteiger charge is 2.33. The van der Waals surface area contributed by atoms with Crippen LogP contribution in [-0.2, 0) is 6.18 Å². The van der Waals surface area contributed by atoms with Crippen LogP contribution >= 0.6 is 11.3 Å². The third-order valence-corrected chi connectivity index (χ3v) is 5.22. The van der Waals surface area contributed by atoms with Crippen molar-refractivity contribution in [2.75, 3.05) is 5.43 Å². The summed E-state index contributed by atoms with van der Waals surface area (Å²) in [7, 11) is 0. The Hall–Kier alpha value is -3.99. The van der Waals surface area contributed by atoms with Gasteiger partial charge in [0.05, 0.1) is 26.9 Å². The first-order chi connectivity index (χ1) is 15.3. The van der Waals surface area contributed by atoms with Crippen LogP contribution < -0.4 is 10.2 Å². The van der Waals surface area contributed by atoms with E-state index in [9.17, 15) is 23.3 Å². The Labute approximate surface area is 182 Å². The fourth-order valence-electron chi connectivity index (χ4n) is 2.80. The van der Waals surface area contributed by atoms with E-state index in [-0.39, 0.29) is 11.5 Å². The summed E-state index contributed by atoms with van der Waals surface area (Å²) in [6, 6.07) is 16.2. The molecule has 11 heteroatoms. The lowest BCUT2D eigenvalue weighted by atomic mass is 10.1. The van der Waals surface area contributed by atoms with Crippen molar-refractivity contribution < 1.29 is 22.8 Å². The van der Waals surface area contributed by atoms with Crippen molar-refractivity contribution >= 4 is 38.6 Å². The van der Waals surface area contributed by atoms with Gasteiger partial charge in [0.15, 0.2) is 0 Å². The number of hydrogen-bond acceptors (Lipinski definition) is 7. The third kappa shape index (κ3) is 4.67. The Morgan fingerprint density at radius 1 is 1.06 bits per heavy atom. The molecule has 1 aromatic heterocycles. The number of benzene rings is 3. The molecule has 0 bridgehead atoms. The van der Waals surface area contributed by atoms with Crippen LogP contribution in [0.4, 0.5) is 24.0 Å². The number of rotatable bonds is 6. The molecule has 0 amide bonds. The summed E-state index contributed by atoms with van der Waals surface area (Å²) in [5.41, 5.74) is 2.17. The monoisotopic (exact) mass is 458 g/mol. The highest BCUT2D eigenvalue weighted by atomic mass is 32.1. The number of halogens is 3. The largest absolute Gasteiger partial charge is 0.449 e. The van der Waals surface area contributed by atoms with Gasteiger partial charge >= 0.3 is 11.9 Å². The third-order valence-electron chi connectivity index (χ3n) is 4.28. The predicted octanol–water partition coefficient (Wildman–Crippen LogP) is 6.46. The number of nitrogens with one attached hydrogen (secondary N) is 1. The maximum absolute atomic E-state index is 12.9. The molecule has 0 atom stereocenters. The number of hydrazone groups is 1. The van der Waals surface area contributed by atoms with Crippen LogP contribution in [0.25, 0.3) is 10.2 Å². The number of fused-ring (bicyclic) bond motifs is 1. The maximum atomic E-state index is 12.9. The highest BCUT2D eigenvalue weighted by Crippen LogP contribution is 2.38. The number of anilines is 1. The molecule has 0 aliphatic rings. The van der Waals surface area contributed by atoms with Crippen LogP contribution in [-0.4, -0.2) is 16.1 Å². The molecular weight excluding hydrogens is 445 g/mol. The van der Waals surface area contributed by atoms with Gasteiger partial charge in [0.1, 0.15) is 5.75 Å². The molecule has 0 saturated heterocycles.